The number of hydrogen-bond acceptors (Lipinski definition) is 0. The highest BCUT2D eigenvalue weighted by atomic mass is 35.8. The normalized spacial score (nSPS) is 14.4. The fourth-order valence-electron chi connectivity index (χ4n) is 2.85. The molecular weight excluding hydrogens is 315 g/mol. The topological polar surface area (TPSA) is 0 Å². The van der Waals surface area contributed by atoms with Gasteiger partial charge in [0.15, 0.2) is 0 Å². The Morgan fingerprint density at radius 2 is 1.21 bits per heavy atom. The van der Waals surface area contributed by atoms with Crippen LogP contribution in [0.15, 0.2) is 36.4 Å². The van der Waals surface area contributed by atoms with Crippen molar-refractivity contribution in [3.05, 3.63) is 58.7 Å². The highest BCUT2D eigenvalue weighted by Crippen LogP contribution is 2.52. The zero-order valence-electron chi connectivity index (χ0n) is 10.7. The van der Waals surface area contributed by atoms with Gasteiger partial charge in [-0.25, -0.2) is 0 Å². The standard InChI is InChI=1S/C15H13Cl3Si/c1-9-3-5-11-12-6-4-10(2)8-14(12)15(13(11)7-9)19(16,17)18/h3-8,15H,1-2H3. The Bertz CT molecular complexity index is 607. The maximum Gasteiger partial charge on any atom is 0.352 e. The number of hydrogen-bond donors (Lipinski definition) is 0. The molecule has 0 saturated carbocycles. The first-order valence-electron chi connectivity index (χ1n) is 6.16. The third-order valence-electron chi connectivity index (χ3n) is 3.65. The summed E-state index contributed by atoms with van der Waals surface area (Å²) in [6.07, 6.45) is 0. The molecule has 0 spiro atoms. The molecule has 3 rings (SSSR count). The second kappa shape index (κ2) is 4.52. The van der Waals surface area contributed by atoms with E-state index in [4.69, 9.17) is 33.2 Å². The lowest BCUT2D eigenvalue weighted by Crippen LogP contribution is -2.22. The molecule has 0 saturated heterocycles. The van der Waals surface area contributed by atoms with E-state index in [9.17, 15) is 0 Å². The Morgan fingerprint density at radius 3 is 1.58 bits per heavy atom. The van der Waals surface area contributed by atoms with Crippen LogP contribution in [0.4, 0.5) is 0 Å². The number of halogens is 3. The number of fused-ring (bicyclic) bond motifs is 3. The SMILES string of the molecule is Cc1ccc2c(c1)C([Si](Cl)(Cl)Cl)c1cc(C)ccc1-2. The quantitative estimate of drug-likeness (QED) is 0.471. The molecule has 4 heteroatoms. The van der Waals surface area contributed by atoms with E-state index < -0.39 is 6.00 Å². The van der Waals surface area contributed by atoms with Crippen molar-refractivity contribution in [3.63, 3.8) is 0 Å². The van der Waals surface area contributed by atoms with E-state index in [0.717, 1.165) is 0 Å². The summed E-state index contributed by atoms with van der Waals surface area (Å²) in [4.78, 5) is 0. The molecule has 0 radical (unpaired) electrons. The van der Waals surface area contributed by atoms with E-state index in [1.165, 1.54) is 33.4 Å². The molecule has 1 aliphatic carbocycles. The Balaban J connectivity index is 2.32. The third-order valence-corrected chi connectivity index (χ3v) is 6.89. The van der Waals surface area contributed by atoms with Gasteiger partial charge >= 0.3 is 6.00 Å². The van der Waals surface area contributed by atoms with Crippen molar-refractivity contribution >= 4 is 39.2 Å². The van der Waals surface area contributed by atoms with Gasteiger partial charge in [0.2, 0.25) is 0 Å². The van der Waals surface area contributed by atoms with Crippen molar-refractivity contribution in [1.29, 1.82) is 0 Å². The third kappa shape index (κ3) is 2.23. The molecule has 1 aliphatic rings. The minimum absolute atomic E-state index is 0.0534. The Kier molecular flexibility index (Phi) is 3.22. The van der Waals surface area contributed by atoms with Crippen molar-refractivity contribution in [2.75, 3.05) is 0 Å². The lowest BCUT2D eigenvalue weighted by Gasteiger charge is -2.20. The molecule has 0 nitrogen and oxygen atoms in total. The largest absolute Gasteiger partial charge is 0.352 e. The van der Waals surface area contributed by atoms with E-state index in [0.29, 0.717) is 0 Å². The van der Waals surface area contributed by atoms with E-state index in [-0.39, 0.29) is 5.54 Å². The first-order valence-corrected chi connectivity index (χ1v) is 11.3. The van der Waals surface area contributed by atoms with Crippen LogP contribution in [0.2, 0.25) is 0 Å². The fourth-order valence-corrected chi connectivity index (χ4v) is 6.15. The minimum Gasteiger partial charge on any atom is -0.125 e. The van der Waals surface area contributed by atoms with Gasteiger partial charge in [0.25, 0.3) is 0 Å². The summed E-state index contributed by atoms with van der Waals surface area (Å²) in [7, 11) is 0. The maximum atomic E-state index is 6.37. The van der Waals surface area contributed by atoms with Crippen molar-refractivity contribution in [2.45, 2.75) is 19.4 Å². The summed E-state index contributed by atoms with van der Waals surface area (Å²) < 4.78 is 0. The van der Waals surface area contributed by atoms with E-state index in [1.807, 2.05) is 0 Å². The fraction of sp³-hybridized carbons (Fsp3) is 0.200. The van der Waals surface area contributed by atoms with Gasteiger partial charge in [0.1, 0.15) is 0 Å². The summed E-state index contributed by atoms with van der Waals surface area (Å²) in [5, 5.41) is 0. The van der Waals surface area contributed by atoms with Crippen molar-refractivity contribution in [2.24, 2.45) is 0 Å². The molecule has 0 fully saturated rings. The molecule has 98 valence electrons. The lowest BCUT2D eigenvalue weighted by molar-refractivity contribution is 1.17. The molecule has 0 bridgehead atoms. The molecule has 2 aromatic rings. The van der Waals surface area contributed by atoms with Gasteiger partial charge in [-0.15, -0.1) is 33.2 Å². The highest BCUT2D eigenvalue weighted by molar-refractivity contribution is 7.65. The Labute approximate surface area is 128 Å². The van der Waals surface area contributed by atoms with Crippen LogP contribution in [-0.4, -0.2) is 6.00 Å². The van der Waals surface area contributed by atoms with Crippen LogP contribution in [0, 0.1) is 13.8 Å². The summed E-state index contributed by atoms with van der Waals surface area (Å²) in [6, 6.07) is 9.97. The average Bonchev–Trinajstić information content (AvgIpc) is 2.60. The predicted octanol–water partition coefficient (Wildman–Crippen LogP) is 5.61. The molecule has 2 aromatic carbocycles. The van der Waals surface area contributed by atoms with Gasteiger partial charge in [-0.05, 0) is 36.1 Å². The van der Waals surface area contributed by atoms with Crippen LogP contribution >= 0.6 is 33.2 Å². The van der Waals surface area contributed by atoms with Crippen LogP contribution < -0.4 is 0 Å². The predicted molar refractivity (Wildman–Crippen MR) is 86.5 cm³/mol. The molecule has 0 heterocycles. The van der Waals surface area contributed by atoms with Crippen LogP contribution in [0.25, 0.3) is 11.1 Å². The van der Waals surface area contributed by atoms with Gasteiger partial charge in [0.05, 0.1) is 0 Å². The van der Waals surface area contributed by atoms with Gasteiger partial charge in [0, 0.05) is 5.54 Å². The van der Waals surface area contributed by atoms with Crippen LogP contribution in [0.5, 0.6) is 0 Å². The zero-order valence-corrected chi connectivity index (χ0v) is 13.9. The van der Waals surface area contributed by atoms with Crippen molar-refractivity contribution in [3.8, 4) is 11.1 Å². The molecule has 0 aliphatic heterocycles. The number of benzene rings is 2. The molecule has 0 N–H and O–H groups in total. The molecule has 19 heavy (non-hydrogen) atoms. The van der Waals surface area contributed by atoms with Gasteiger partial charge in [-0.1, -0.05) is 47.5 Å². The van der Waals surface area contributed by atoms with E-state index in [1.54, 1.807) is 0 Å². The van der Waals surface area contributed by atoms with Crippen molar-refractivity contribution in [1.82, 2.24) is 0 Å². The molecule has 0 aromatic heterocycles. The van der Waals surface area contributed by atoms with Gasteiger partial charge < -0.3 is 0 Å². The molecule has 0 unspecified atom stereocenters. The zero-order chi connectivity index (χ0) is 13.8. The van der Waals surface area contributed by atoms with Crippen LogP contribution in [0.3, 0.4) is 0 Å². The lowest BCUT2D eigenvalue weighted by atomic mass is 10.0. The van der Waals surface area contributed by atoms with Gasteiger partial charge in [-0.2, -0.15) is 0 Å². The first kappa shape index (κ1) is 13.5. The molecule has 0 atom stereocenters. The maximum absolute atomic E-state index is 6.37. The average molecular weight is 328 g/mol. The smallest absolute Gasteiger partial charge is 0.125 e. The van der Waals surface area contributed by atoms with Crippen molar-refractivity contribution < 1.29 is 0 Å². The summed E-state index contributed by atoms with van der Waals surface area (Å²) in [5.74, 6) is 0. The van der Waals surface area contributed by atoms with Crippen LogP contribution in [0.1, 0.15) is 27.8 Å². The van der Waals surface area contributed by atoms with E-state index >= 15 is 0 Å². The Hall–Kier alpha value is -0.473. The summed E-state index contributed by atoms with van der Waals surface area (Å²) in [6.45, 7) is 4.15. The second-order valence-corrected chi connectivity index (χ2v) is 13.9. The molecule has 0 amide bonds. The number of aryl methyl sites for hydroxylation is 2. The number of rotatable bonds is 1. The first-order chi connectivity index (χ1) is 8.88. The monoisotopic (exact) mass is 326 g/mol. The summed E-state index contributed by atoms with van der Waals surface area (Å²) in [5.41, 5.74) is 7.13. The second-order valence-electron chi connectivity index (χ2n) is 5.16. The molecular formula is C15H13Cl3Si. The Morgan fingerprint density at radius 1 is 0.789 bits per heavy atom. The highest BCUT2D eigenvalue weighted by Gasteiger charge is 2.44. The van der Waals surface area contributed by atoms with E-state index in [2.05, 4.69) is 50.2 Å². The van der Waals surface area contributed by atoms with Crippen LogP contribution in [-0.2, 0) is 0 Å². The summed E-state index contributed by atoms with van der Waals surface area (Å²) >= 11 is 19.1. The minimum atomic E-state index is -2.86. The van der Waals surface area contributed by atoms with Gasteiger partial charge in [-0.3, -0.25) is 0 Å².